The number of carbonyl (C=O) groups is 1. The van der Waals surface area contributed by atoms with Crippen LogP contribution in [0.4, 0.5) is 0 Å². The van der Waals surface area contributed by atoms with Gasteiger partial charge in [0, 0.05) is 38.3 Å². The van der Waals surface area contributed by atoms with Crippen molar-refractivity contribution in [3.63, 3.8) is 0 Å². The number of hydrogen-bond acceptors (Lipinski definition) is 4. The van der Waals surface area contributed by atoms with Gasteiger partial charge in [-0.2, -0.15) is 0 Å². The van der Waals surface area contributed by atoms with Crippen molar-refractivity contribution in [3.8, 4) is 0 Å². The van der Waals surface area contributed by atoms with Crippen molar-refractivity contribution >= 4 is 45.7 Å². The van der Waals surface area contributed by atoms with Crippen LogP contribution in [0.15, 0.2) is 29.3 Å². The van der Waals surface area contributed by atoms with E-state index in [-0.39, 0.29) is 35.6 Å². The number of nitrogens with zero attached hydrogens (tertiary/aromatic N) is 2. The molecule has 1 heterocycles. The molecule has 28 heavy (non-hydrogen) atoms. The molecule has 2 N–H and O–H groups in total. The van der Waals surface area contributed by atoms with E-state index in [0.29, 0.717) is 37.2 Å². The van der Waals surface area contributed by atoms with Gasteiger partial charge < -0.3 is 15.5 Å². The van der Waals surface area contributed by atoms with Crippen LogP contribution in [-0.4, -0.2) is 61.9 Å². The van der Waals surface area contributed by atoms with E-state index >= 15 is 0 Å². The fourth-order valence-corrected chi connectivity index (χ4v) is 4.52. The molecule has 2 fully saturated rings. The Kier molecular flexibility index (Phi) is 7.35. The van der Waals surface area contributed by atoms with E-state index in [1.165, 1.54) is 0 Å². The van der Waals surface area contributed by atoms with Gasteiger partial charge >= 0.3 is 0 Å². The van der Waals surface area contributed by atoms with Crippen LogP contribution in [0, 0.1) is 0 Å². The Morgan fingerprint density at radius 3 is 2.64 bits per heavy atom. The summed E-state index contributed by atoms with van der Waals surface area (Å²) in [6.07, 6.45) is 2.12. The molecule has 1 amide bonds. The van der Waals surface area contributed by atoms with Crippen LogP contribution >= 0.6 is 24.0 Å². The molecular formula is C19H29IN4O3S. The summed E-state index contributed by atoms with van der Waals surface area (Å²) in [5, 5.41) is 6.28. The Labute approximate surface area is 184 Å². The first-order valence-corrected chi connectivity index (χ1v) is 10.9. The topological polar surface area (TPSA) is 90.9 Å². The number of aliphatic imine (C=N–C) groups is 1. The minimum atomic E-state index is -3.09. The average Bonchev–Trinajstić information content (AvgIpc) is 3.43. The Balaban J connectivity index is 0.00000280. The van der Waals surface area contributed by atoms with E-state index in [0.717, 1.165) is 18.4 Å². The molecule has 0 atom stereocenters. The number of rotatable bonds is 4. The standard InChI is InChI=1S/C19H28N4O3S.HI/c1-19(2)13-23(9-10-27(19,25)26)18(20-3)21-12-14-5-4-6-15(11-14)17(24)22-16-7-8-16;/h4-6,11,16H,7-10,12-13H2,1-3H3,(H,20,21)(H,22,24);1H. The predicted molar refractivity (Wildman–Crippen MR) is 122 cm³/mol. The van der Waals surface area contributed by atoms with Gasteiger partial charge in [-0.15, -0.1) is 24.0 Å². The lowest BCUT2D eigenvalue weighted by Gasteiger charge is -2.39. The molecule has 0 radical (unpaired) electrons. The number of halogens is 1. The van der Waals surface area contributed by atoms with E-state index < -0.39 is 14.6 Å². The maximum atomic E-state index is 12.2. The molecular weight excluding hydrogens is 491 g/mol. The maximum absolute atomic E-state index is 12.2. The fourth-order valence-electron chi connectivity index (χ4n) is 3.16. The molecule has 0 aromatic heterocycles. The van der Waals surface area contributed by atoms with Gasteiger partial charge in [-0.05, 0) is 44.4 Å². The molecule has 2 aliphatic rings. The van der Waals surface area contributed by atoms with E-state index in [1.807, 2.05) is 29.2 Å². The van der Waals surface area contributed by atoms with Crippen LogP contribution < -0.4 is 10.6 Å². The van der Waals surface area contributed by atoms with Crippen molar-refractivity contribution in [3.05, 3.63) is 35.4 Å². The van der Waals surface area contributed by atoms with Crippen LogP contribution in [0.3, 0.4) is 0 Å². The smallest absolute Gasteiger partial charge is 0.251 e. The highest BCUT2D eigenvalue weighted by molar-refractivity contribution is 14.0. The first-order chi connectivity index (χ1) is 12.7. The fraction of sp³-hybridized carbons (Fsp3) is 0.579. The average molecular weight is 520 g/mol. The third-order valence-corrected chi connectivity index (χ3v) is 7.64. The zero-order valence-corrected chi connectivity index (χ0v) is 19.7. The highest BCUT2D eigenvalue weighted by Gasteiger charge is 2.40. The van der Waals surface area contributed by atoms with Crippen molar-refractivity contribution in [1.29, 1.82) is 0 Å². The molecule has 0 bridgehead atoms. The van der Waals surface area contributed by atoms with E-state index in [4.69, 9.17) is 0 Å². The Bertz CT molecular complexity index is 850. The minimum absolute atomic E-state index is 0. The summed E-state index contributed by atoms with van der Waals surface area (Å²) in [5.41, 5.74) is 1.63. The Morgan fingerprint density at radius 1 is 1.32 bits per heavy atom. The van der Waals surface area contributed by atoms with Crippen molar-refractivity contribution in [1.82, 2.24) is 15.5 Å². The second-order valence-corrected chi connectivity index (χ2v) is 10.6. The first kappa shape index (κ1) is 22.9. The van der Waals surface area contributed by atoms with Gasteiger partial charge in [-0.1, -0.05) is 12.1 Å². The van der Waals surface area contributed by atoms with Crippen LogP contribution in [0.5, 0.6) is 0 Å². The monoisotopic (exact) mass is 520 g/mol. The summed E-state index contributed by atoms with van der Waals surface area (Å²) >= 11 is 0. The number of nitrogens with one attached hydrogen (secondary N) is 2. The zero-order valence-electron chi connectivity index (χ0n) is 16.6. The van der Waals surface area contributed by atoms with Gasteiger partial charge in [0.25, 0.3) is 5.91 Å². The minimum Gasteiger partial charge on any atom is -0.352 e. The van der Waals surface area contributed by atoms with Crippen molar-refractivity contribution < 1.29 is 13.2 Å². The summed E-state index contributed by atoms with van der Waals surface area (Å²) in [5.74, 6) is 0.759. The third kappa shape index (κ3) is 5.37. The number of sulfone groups is 1. The number of benzene rings is 1. The molecule has 1 aliphatic carbocycles. The SMILES string of the molecule is CN=C(NCc1cccc(C(=O)NC2CC2)c1)N1CCS(=O)(=O)C(C)(C)C1.I. The van der Waals surface area contributed by atoms with Crippen molar-refractivity contribution in [2.24, 2.45) is 4.99 Å². The second-order valence-electron chi connectivity index (χ2n) is 7.85. The third-order valence-electron chi connectivity index (χ3n) is 5.11. The molecule has 1 saturated carbocycles. The van der Waals surface area contributed by atoms with E-state index in [2.05, 4.69) is 15.6 Å². The number of hydrogen-bond donors (Lipinski definition) is 2. The van der Waals surface area contributed by atoms with Gasteiger partial charge in [0.05, 0.1) is 10.5 Å². The quantitative estimate of drug-likeness (QED) is 0.359. The lowest BCUT2D eigenvalue weighted by atomic mass is 10.1. The highest BCUT2D eigenvalue weighted by atomic mass is 127. The molecule has 1 aromatic rings. The predicted octanol–water partition coefficient (Wildman–Crippen LogP) is 1.78. The summed E-state index contributed by atoms with van der Waals surface area (Å²) in [7, 11) is -1.40. The number of guanidine groups is 1. The zero-order chi connectivity index (χ0) is 19.7. The van der Waals surface area contributed by atoms with E-state index in [9.17, 15) is 13.2 Å². The molecule has 156 valence electrons. The van der Waals surface area contributed by atoms with Gasteiger partial charge in [0.1, 0.15) is 0 Å². The normalized spacial score (nSPS) is 20.8. The largest absolute Gasteiger partial charge is 0.352 e. The summed E-state index contributed by atoms with van der Waals surface area (Å²) in [4.78, 5) is 18.5. The Morgan fingerprint density at radius 2 is 2.04 bits per heavy atom. The van der Waals surface area contributed by atoms with Crippen molar-refractivity contribution in [2.45, 2.75) is 44.0 Å². The molecule has 1 aromatic carbocycles. The number of amides is 1. The molecule has 0 unspecified atom stereocenters. The lowest BCUT2D eigenvalue weighted by Crippen LogP contribution is -2.57. The van der Waals surface area contributed by atoms with E-state index in [1.54, 1.807) is 20.9 Å². The van der Waals surface area contributed by atoms with Crippen LogP contribution in [0.25, 0.3) is 0 Å². The number of carbonyl (C=O) groups excluding carboxylic acids is 1. The van der Waals surface area contributed by atoms with Crippen LogP contribution in [0.2, 0.25) is 0 Å². The molecule has 3 rings (SSSR count). The van der Waals surface area contributed by atoms with Crippen LogP contribution in [0.1, 0.15) is 42.6 Å². The first-order valence-electron chi connectivity index (χ1n) is 9.29. The highest BCUT2D eigenvalue weighted by Crippen LogP contribution is 2.24. The molecule has 1 saturated heterocycles. The Hall–Kier alpha value is -1.36. The summed E-state index contributed by atoms with van der Waals surface area (Å²) < 4.78 is 23.6. The molecule has 7 nitrogen and oxygen atoms in total. The van der Waals surface area contributed by atoms with Gasteiger partial charge in [-0.25, -0.2) is 8.42 Å². The van der Waals surface area contributed by atoms with Gasteiger partial charge in [0.15, 0.2) is 15.8 Å². The molecule has 9 heteroatoms. The van der Waals surface area contributed by atoms with Crippen LogP contribution in [-0.2, 0) is 16.4 Å². The lowest BCUT2D eigenvalue weighted by molar-refractivity contribution is 0.0951. The summed E-state index contributed by atoms with van der Waals surface area (Å²) in [6, 6.07) is 7.85. The maximum Gasteiger partial charge on any atom is 0.251 e. The molecule has 1 aliphatic heterocycles. The summed E-state index contributed by atoms with van der Waals surface area (Å²) in [6.45, 7) is 4.85. The van der Waals surface area contributed by atoms with Gasteiger partial charge in [-0.3, -0.25) is 9.79 Å². The molecule has 0 spiro atoms. The second kappa shape index (κ2) is 8.98. The van der Waals surface area contributed by atoms with Gasteiger partial charge in [0.2, 0.25) is 0 Å². The van der Waals surface area contributed by atoms with Crippen molar-refractivity contribution in [2.75, 3.05) is 25.9 Å².